The Kier molecular flexibility index (Phi) is 1.68. The van der Waals surface area contributed by atoms with E-state index in [-0.39, 0.29) is 0 Å². The van der Waals surface area contributed by atoms with E-state index in [1.54, 1.807) is 0 Å². The van der Waals surface area contributed by atoms with Gasteiger partial charge in [-0.1, -0.05) is 0 Å². The summed E-state index contributed by atoms with van der Waals surface area (Å²) in [6.45, 7) is 0. The standard InChI is InChI=1S/CH2ClNO2/c2-3-1(4)5/h3H,(H,4,5). The predicted octanol–water partition coefficient (Wildman–Crippen LogP) is 0.408. The van der Waals surface area contributed by atoms with Gasteiger partial charge in [0.05, 0.1) is 0 Å². The van der Waals surface area contributed by atoms with E-state index >= 15 is 0 Å². The largest absolute Gasteiger partial charge is 0.464 e. The lowest BCUT2D eigenvalue weighted by atomic mass is 11.3. The van der Waals surface area contributed by atoms with E-state index in [1.165, 1.54) is 4.84 Å². The van der Waals surface area contributed by atoms with Crippen molar-refractivity contribution in [1.29, 1.82) is 0 Å². The summed E-state index contributed by atoms with van der Waals surface area (Å²) in [4.78, 5) is 10.5. The molecule has 0 aliphatic carbocycles. The summed E-state index contributed by atoms with van der Waals surface area (Å²) < 4.78 is 0. The molecule has 30 valence electrons. The maximum Gasteiger partial charge on any atom is 0.419 e. The molecular formula is CH2ClNO2. The topological polar surface area (TPSA) is 49.3 Å². The van der Waals surface area contributed by atoms with E-state index < -0.39 is 6.09 Å². The number of rotatable bonds is 0. The molecule has 0 saturated carbocycles. The molecule has 2 N–H and O–H groups in total. The molecule has 1 amide bonds. The molecule has 4 heteroatoms. The van der Waals surface area contributed by atoms with Gasteiger partial charge < -0.3 is 5.11 Å². The van der Waals surface area contributed by atoms with Crippen LogP contribution in [0.2, 0.25) is 0 Å². The van der Waals surface area contributed by atoms with Gasteiger partial charge in [-0.25, -0.2) is 9.63 Å². The molecule has 0 radical (unpaired) electrons. The summed E-state index contributed by atoms with van der Waals surface area (Å²) in [6.07, 6.45) is -1.23. The first-order valence-electron chi connectivity index (χ1n) is 0.867. The van der Waals surface area contributed by atoms with Gasteiger partial charge in [-0.15, -0.1) is 0 Å². The van der Waals surface area contributed by atoms with Gasteiger partial charge in [-0.05, 0) is 0 Å². The van der Waals surface area contributed by atoms with Crippen LogP contribution in [0.5, 0.6) is 0 Å². The predicted molar refractivity (Wildman–Crippen MR) is 17.0 cm³/mol. The van der Waals surface area contributed by atoms with Crippen LogP contribution in [-0.2, 0) is 0 Å². The average molecular weight is 95.5 g/mol. The molecule has 0 fully saturated rings. The third kappa shape index (κ3) is 3.56. The third-order valence-corrected chi connectivity index (χ3v) is 0.243. The van der Waals surface area contributed by atoms with Crippen molar-refractivity contribution < 1.29 is 9.90 Å². The Morgan fingerprint density at radius 2 is 2.20 bits per heavy atom. The van der Waals surface area contributed by atoms with Gasteiger partial charge >= 0.3 is 6.09 Å². The minimum atomic E-state index is -1.23. The van der Waals surface area contributed by atoms with Gasteiger partial charge in [0.15, 0.2) is 0 Å². The van der Waals surface area contributed by atoms with Crippen LogP contribution in [0.25, 0.3) is 0 Å². The molecule has 0 unspecified atom stereocenters. The van der Waals surface area contributed by atoms with Crippen LogP contribution in [0, 0.1) is 0 Å². The maximum atomic E-state index is 9.12. The van der Waals surface area contributed by atoms with Crippen molar-refractivity contribution >= 4 is 17.9 Å². The third-order valence-electron chi connectivity index (χ3n) is 0.0808. The Hall–Kier alpha value is -0.440. The van der Waals surface area contributed by atoms with E-state index in [1.807, 2.05) is 0 Å². The van der Waals surface area contributed by atoms with Crippen LogP contribution in [-0.4, -0.2) is 11.2 Å². The number of nitrogens with one attached hydrogen (secondary N) is 1. The molecule has 0 bridgehead atoms. The summed E-state index contributed by atoms with van der Waals surface area (Å²) in [6, 6.07) is 0. The van der Waals surface area contributed by atoms with Gasteiger partial charge in [-0.2, -0.15) is 0 Å². The van der Waals surface area contributed by atoms with Gasteiger partial charge in [0.25, 0.3) is 0 Å². The van der Waals surface area contributed by atoms with E-state index in [0.717, 1.165) is 0 Å². The fraction of sp³-hybridized carbons (Fsp3) is 0. The number of hydrogen-bond donors (Lipinski definition) is 2. The van der Waals surface area contributed by atoms with E-state index in [2.05, 4.69) is 11.8 Å². The molecule has 0 aromatic heterocycles. The first kappa shape index (κ1) is 4.56. The summed E-state index contributed by atoms with van der Waals surface area (Å²) in [5, 5.41) is 7.48. The zero-order valence-electron chi connectivity index (χ0n) is 2.23. The molecule has 0 aromatic carbocycles. The Morgan fingerprint density at radius 1 is 2.00 bits per heavy atom. The molecule has 0 atom stereocenters. The first-order chi connectivity index (χ1) is 2.27. The van der Waals surface area contributed by atoms with Crippen molar-refractivity contribution in [3.05, 3.63) is 0 Å². The van der Waals surface area contributed by atoms with E-state index in [9.17, 15) is 0 Å². The van der Waals surface area contributed by atoms with Gasteiger partial charge in [-0.3, -0.25) is 0 Å². The number of carbonyl (C=O) groups is 1. The highest BCUT2D eigenvalue weighted by molar-refractivity contribution is 6.20. The molecule has 0 rings (SSSR count). The zero-order valence-corrected chi connectivity index (χ0v) is 2.99. The fourth-order valence-corrected chi connectivity index (χ4v) is 0. The highest BCUT2D eigenvalue weighted by Gasteiger charge is 1.79. The molecule has 5 heavy (non-hydrogen) atoms. The van der Waals surface area contributed by atoms with Crippen LogP contribution in [0.1, 0.15) is 0 Å². The smallest absolute Gasteiger partial charge is 0.419 e. The summed E-state index contributed by atoms with van der Waals surface area (Å²) >= 11 is 4.49. The van der Waals surface area contributed by atoms with Crippen LogP contribution in [0.4, 0.5) is 4.79 Å². The van der Waals surface area contributed by atoms with Gasteiger partial charge in [0, 0.05) is 11.8 Å². The van der Waals surface area contributed by atoms with Crippen molar-refractivity contribution in [3.63, 3.8) is 0 Å². The van der Waals surface area contributed by atoms with Crippen LogP contribution < -0.4 is 4.84 Å². The van der Waals surface area contributed by atoms with Crippen LogP contribution >= 0.6 is 11.8 Å². The molecule has 0 heterocycles. The second kappa shape index (κ2) is 1.84. The highest BCUT2D eigenvalue weighted by atomic mass is 35.5. The van der Waals surface area contributed by atoms with Crippen molar-refractivity contribution in [2.45, 2.75) is 0 Å². The lowest BCUT2D eigenvalue weighted by molar-refractivity contribution is 0.201. The number of carboxylic acid groups (broad SMARTS) is 1. The van der Waals surface area contributed by atoms with Crippen molar-refractivity contribution in [3.8, 4) is 0 Å². The van der Waals surface area contributed by atoms with Gasteiger partial charge in [0.2, 0.25) is 0 Å². The minimum Gasteiger partial charge on any atom is -0.464 e. The zero-order chi connectivity index (χ0) is 4.28. The van der Waals surface area contributed by atoms with Gasteiger partial charge in [0.1, 0.15) is 0 Å². The van der Waals surface area contributed by atoms with Crippen molar-refractivity contribution in [2.75, 3.05) is 0 Å². The Balaban J connectivity index is 2.85. The number of hydrogen-bond acceptors (Lipinski definition) is 1. The number of halogens is 1. The van der Waals surface area contributed by atoms with E-state index in [4.69, 9.17) is 9.90 Å². The van der Waals surface area contributed by atoms with Crippen LogP contribution in [0.15, 0.2) is 0 Å². The monoisotopic (exact) mass is 95.0 g/mol. The molecule has 0 spiro atoms. The molecule has 0 aliphatic rings. The van der Waals surface area contributed by atoms with Crippen molar-refractivity contribution in [2.24, 2.45) is 0 Å². The Bertz CT molecular complexity index is 44.9. The summed E-state index contributed by atoms with van der Waals surface area (Å²) in [5.74, 6) is 0. The second-order valence-electron chi connectivity index (χ2n) is 0.400. The average Bonchev–Trinajstić information content (AvgIpc) is 1.38. The first-order valence-corrected chi connectivity index (χ1v) is 1.24. The molecule has 3 nitrogen and oxygen atoms in total. The van der Waals surface area contributed by atoms with Crippen LogP contribution in [0.3, 0.4) is 0 Å². The lowest BCUT2D eigenvalue weighted by Crippen LogP contribution is -2.06. The summed E-state index contributed by atoms with van der Waals surface area (Å²) in [5.41, 5.74) is 0. The Morgan fingerprint density at radius 3 is 2.20 bits per heavy atom. The molecule has 0 saturated heterocycles. The quantitative estimate of drug-likeness (QED) is 0.428. The molecule has 0 aliphatic heterocycles. The summed E-state index contributed by atoms with van der Waals surface area (Å²) in [7, 11) is 0. The SMILES string of the molecule is O=C(O)NCl. The van der Waals surface area contributed by atoms with E-state index in [0.29, 0.717) is 0 Å². The normalized spacial score (nSPS) is 6.60. The maximum absolute atomic E-state index is 9.12. The fourth-order valence-electron chi connectivity index (χ4n) is 0. The number of amides is 1. The van der Waals surface area contributed by atoms with Crippen molar-refractivity contribution in [1.82, 2.24) is 4.84 Å². The minimum absolute atomic E-state index is 1.23. The lowest BCUT2D eigenvalue weighted by Gasteiger charge is -1.75. The molecule has 0 aromatic rings. The highest BCUT2D eigenvalue weighted by Crippen LogP contribution is 1.58. The Labute approximate surface area is 33.7 Å². The molecular weight excluding hydrogens is 93.5 g/mol. The second-order valence-corrected chi connectivity index (χ2v) is 0.589.